The van der Waals surface area contributed by atoms with Gasteiger partial charge in [0.2, 0.25) is 10.0 Å². The van der Waals surface area contributed by atoms with Gasteiger partial charge in [-0.2, -0.15) is 4.31 Å². The first-order valence-electron chi connectivity index (χ1n) is 6.04. The fraction of sp³-hybridized carbons (Fsp3) is 0.545. The van der Waals surface area contributed by atoms with Crippen molar-refractivity contribution in [3.8, 4) is 0 Å². The molecule has 2 unspecified atom stereocenters. The molecule has 0 aromatic carbocycles. The molecule has 2 N–H and O–H groups in total. The standard InChI is InChI=1S/C11H14BrNO6S2/c1-6-5-19-7(4-14)3-13(6)21(17,18)9-2-8(11(15)16)20-10(9)12/h2,6-7,14H,3-5H2,1H3,(H,15,16). The highest BCUT2D eigenvalue weighted by molar-refractivity contribution is 9.11. The first kappa shape index (κ1) is 16.8. The van der Waals surface area contributed by atoms with Crippen LogP contribution in [0.2, 0.25) is 0 Å². The molecule has 2 atom stereocenters. The fourth-order valence-corrected chi connectivity index (χ4v) is 6.00. The number of carboxylic acids is 1. The van der Waals surface area contributed by atoms with Crippen molar-refractivity contribution in [1.29, 1.82) is 0 Å². The number of thiophene rings is 1. The molecule has 0 bridgehead atoms. The van der Waals surface area contributed by atoms with Gasteiger partial charge in [-0.25, -0.2) is 13.2 Å². The molecule has 2 heterocycles. The predicted molar refractivity (Wildman–Crippen MR) is 79.2 cm³/mol. The summed E-state index contributed by atoms with van der Waals surface area (Å²) in [5.74, 6) is -1.18. The molecule has 2 rings (SSSR count). The normalized spacial score (nSPS) is 24.1. The summed E-state index contributed by atoms with van der Waals surface area (Å²) in [5, 5.41) is 18.1. The van der Waals surface area contributed by atoms with E-state index in [1.807, 2.05) is 0 Å². The van der Waals surface area contributed by atoms with Crippen LogP contribution in [0.3, 0.4) is 0 Å². The molecule has 7 nitrogen and oxygen atoms in total. The van der Waals surface area contributed by atoms with Gasteiger partial charge in [0.25, 0.3) is 0 Å². The third kappa shape index (κ3) is 3.30. The van der Waals surface area contributed by atoms with Crippen molar-refractivity contribution in [2.45, 2.75) is 24.0 Å². The SMILES string of the molecule is CC1COC(CO)CN1S(=O)(=O)c1cc(C(=O)O)sc1Br. The van der Waals surface area contributed by atoms with Gasteiger partial charge in [0.05, 0.1) is 23.1 Å². The predicted octanol–water partition coefficient (Wildman–Crippen LogP) is 0.979. The maximum Gasteiger partial charge on any atom is 0.345 e. The first-order valence-corrected chi connectivity index (χ1v) is 9.09. The Morgan fingerprint density at radius 1 is 1.62 bits per heavy atom. The summed E-state index contributed by atoms with van der Waals surface area (Å²) < 4.78 is 32.2. The number of hydrogen-bond acceptors (Lipinski definition) is 6. The molecule has 0 spiro atoms. The minimum atomic E-state index is -3.86. The minimum absolute atomic E-state index is 0.0324. The van der Waals surface area contributed by atoms with Gasteiger partial charge < -0.3 is 14.9 Å². The van der Waals surface area contributed by atoms with Gasteiger partial charge in [-0.1, -0.05) is 0 Å². The minimum Gasteiger partial charge on any atom is -0.477 e. The molecule has 1 aromatic rings. The Bertz CT molecular complexity index is 643. The molecule has 10 heteroatoms. The van der Waals surface area contributed by atoms with Crippen LogP contribution < -0.4 is 0 Å². The first-order chi connectivity index (χ1) is 9.77. The lowest BCUT2D eigenvalue weighted by molar-refractivity contribution is -0.0516. The van der Waals surface area contributed by atoms with Gasteiger partial charge in [0.1, 0.15) is 9.77 Å². The Balaban J connectivity index is 2.38. The van der Waals surface area contributed by atoms with E-state index in [0.29, 0.717) is 0 Å². The van der Waals surface area contributed by atoms with Crippen LogP contribution in [0.5, 0.6) is 0 Å². The van der Waals surface area contributed by atoms with Crippen molar-refractivity contribution >= 4 is 43.3 Å². The second-order valence-electron chi connectivity index (χ2n) is 4.62. The van der Waals surface area contributed by atoms with Crippen LogP contribution >= 0.6 is 27.3 Å². The molecule has 1 saturated heterocycles. The van der Waals surface area contributed by atoms with Gasteiger partial charge in [-0.3, -0.25) is 0 Å². The van der Waals surface area contributed by atoms with Crippen LogP contribution in [0.15, 0.2) is 14.7 Å². The summed E-state index contributed by atoms with van der Waals surface area (Å²) in [6, 6.07) is 0.751. The summed E-state index contributed by atoms with van der Waals surface area (Å²) >= 11 is 3.96. The third-order valence-corrected chi connectivity index (χ3v) is 7.33. The molecule has 1 aliphatic heterocycles. The number of aromatic carboxylic acids is 1. The topological polar surface area (TPSA) is 104 Å². The number of halogens is 1. The highest BCUT2D eigenvalue weighted by atomic mass is 79.9. The maximum absolute atomic E-state index is 12.7. The molecule has 21 heavy (non-hydrogen) atoms. The number of sulfonamides is 1. The zero-order valence-electron chi connectivity index (χ0n) is 11.0. The van der Waals surface area contributed by atoms with Crippen LogP contribution in [0.25, 0.3) is 0 Å². The lowest BCUT2D eigenvalue weighted by Gasteiger charge is -2.36. The van der Waals surface area contributed by atoms with Crippen molar-refractivity contribution in [2.24, 2.45) is 0 Å². The monoisotopic (exact) mass is 399 g/mol. The number of morpholine rings is 1. The van der Waals surface area contributed by atoms with E-state index in [9.17, 15) is 13.2 Å². The van der Waals surface area contributed by atoms with E-state index in [4.69, 9.17) is 14.9 Å². The van der Waals surface area contributed by atoms with Crippen molar-refractivity contribution in [3.63, 3.8) is 0 Å². The summed E-state index contributed by atoms with van der Waals surface area (Å²) in [6.45, 7) is 1.64. The second-order valence-corrected chi connectivity index (χ2v) is 8.84. The molecule has 1 aliphatic rings. The summed E-state index contributed by atoms with van der Waals surface area (Å²) in [6.07, 6.45) is -0.577. The smallest absolute Gasteiger partial charge is 0.345 e. The highest BCUT2D eigenvalue weighted by Gasteiger charge is 2.37. The number of carbonyl (C=O) groups is 1. The van der Waals surface area contributed by atoms with Crippen LogP contribution in [0, 0.1) is 0 Å². The number of hydrogen-bond donors (Lipinski definition) is 2. The molecule has 0 aliphatic carbocycles. The van der Waals surface area contributed by atoms with Crippen LogP contribution in [0.1, 0.15) is 16.6 Å². The van der Waals surface area contributed by atoms with Gasteiger partial charge in [-0.15, -0.1) is 11.3 Å². The molecular formula is C11H14BrNO6S2. The number of carboxylic acid groups (broad SMARTS) is 1. The summed E-state index contributed by atoms with van der Waals surface area (Å²) in [4.78, 5) is 10.8. The Morgan fingerprint density at radius 2 is 2.29 bits per heavy atom. The van der Waals surface area contributed by atoms with Crippen LogP contribution in [-0.2, 0) is 14.8 Å². The summed E-state index contributed by atoms with van der Waals surface area (Å²) in [7, 11) is -3.86. The molecule has 1 fully saturated rings. The summed E-state index contributed by atoms with van der Waals surface area (Å²) in [5.41, 5.74) is 0. The number of aliphatic hydroxyl groups excluding tert-OH is 1. The van der Waals surface area contributed by atoms with E-state index < -0.39 is 28.1 Å². The van der Waals surface area contributed by atoms with Gasteiger partial charge >= 0.3 is 5.97 Å². The quantitative estimate of drug-likeness (QED) is 0.781. The van der Waals surface area contributed by atoms with E-state index in [-0.39, 0.29) is 33.3 Å². The van der Waals surface area contributed by atoms with Gasteiger partial charge in [0, 0.05) is 12.6 Å². The highest BCUT2D eigenvalue weighted by Crippen LogP contribution is 2.35. The lowest BCUT2D eigenvalue weighted by Crippen LogP contribution is -2.51. The average molecular weight is 400 g/mol. The van der Waals surface area contributed by atoms with Crippen molar-refractivity contribution in [1.82, 2.24) is 4.31 Å². The van der Waals surface area contributed by atoms with Crippen molar-refractivity contribution in [3.05, 3.63) is 14.7 Å². The van der Waals surface area contributed by atoms with Crippen LogP contribution in [-0.4, -0.2) is 60.8 Å². The van der Waals surface area contributed by atoms with Crippen molar-refractivity contribution < 1.29 is 28.2 Å². The molecule has 118 valence electrons. The molecule has 0 amide bonds. The lowest BCUT2D eigenvalue weighted by atomic mass is 10.2. The largest absolute Gasteiger partial charge is 0.477 e. The van der Waals surface area contributed by atoms with E-state index in [1.165, 1.54) is 4.31 Å². The second kappa shape index (κ2) is 6.31. The molecule has 1 aromatic heterocycles. The van der Waals surface area contributed by atoms with E-state index in [0.717, 1.165) is 17.4 Å². The number of rotatable bonds is 4. The molecular weight excluding hydrogens is 386 g/mol. The Kier molecular flexibility index (Phi) is 5.06. The average Bonchev–Trinajstić information content (AvgIpc) is 2.82. The zero-order valence-corrected chi connectivity index (χ0v) is 14.2. The van der Waals surface area contributed by atoms with E-state index in [2.05, 4.69) is 15.9 Å². The third-order valence-electron chi connectivity index (χ3n) is 3.10. The number of nitrogens with zero attached hydrogens (tertiary/aromatic N) is 1. The zero-order chi connectivity index (χ0) is 15.8. The Labute approximate surface area is 134 Å². The molecule has 0 radical (unpaired) electrons. The Morgan fingerprint density at radius 3 is 2.81 bits per heavy atom. The van der Waals surface area contributed by atoms with Crippen LogP contribution in [0.4, 0.5) is 0 Å². The molecule has 0 saturated carbocycles. The number of ether oxygens (including phenoxy) is 1. The maximum atomic E-state index is 12.7. The number of aliphatic hydroxyl groups is 1. The fourth-order valence-electron chi connectivity index (χ4n) is 2.00. The van der Waals surface area contributed by atoms with Crippen molar-refractivity contribution in [2.75, 3.05) is 19.8 Å². The van der Waals surface area contributed by atoms with E-state index in [1.54, 1.807) is 6.92 Å². The van der Waals surface area contributed by atoms with Gasteiger partial charge in [-0.05, 0) is 28.9 Å². The van der Waals surface area contributed by atoms with Gasteiger partial charge in [0.15, 0.2) is 0 Å². The van der Waals surface area contributed by atoms with E-state index >= 15 is 0 Å². The Hall–Kier alpha value is -0.520.